The molecule has 7 nitrogen and oxygen atoms in total. The lowest BCUT2D eigenvalue weighted by atomic mass is 10.1. The third kappa shape index (κ3) is 3.88. The molecule has 0 bridgehead atoms. The molecule has 1 fully saturated rings. The number of aryl methyl sites for hydroxylation is 1. The summed E-state index contributed by atoms with van der Waals surface area (Å²) in [5, 5.41) is 14.6. The van der Waals surface area contributed by atoms with Crippen LogP contribution in [0.3, 0.4) is 0 Å². The van der Waals surface area contributed by atoms with Gasteiger partial charge >= 0.3 is 0 Å². The third-order valence-electron chi connectivity index (χ3n) is 4.54. The maximum absolute atomic E-state index is 12.4. The number of aliphatic hydroxyl groups excluding tert-OH is 1. The van der Waals surface area contributed by atoms with E-state index in [1.807, 2.05) is 13.1 Å². The molecule has 0 unspecified atom stereocenters. The van der Waals surface area contributed by atoms with Crippen LogP contribution in [0.2, 0.25) is 0 Å². The molecule has 0 radical (unpaired) electrons. The molecule has 2 aromatic heterocycles. The second-order valence-corrected chi connectivity index (χ2v) is 6.14. The van der Waals surface area contributed by atoms with E-state index in [0.29, 0.717) is 18.6 Å². The molecule has 1 aliphatic carbocycles. The summed E-state index contributed by atoms with van der Waals surface area (Å²) in [6, 6.07) is 5.14. The first-order chi connectivity index (χ1) is 12.1. The lowest BCUT2D eigenvalue weighted by Crippen LogP contribution is -2.44. The average Bonchev–Trinajstić information content (AvgIpc) is 3.19. The smallest absolute Gasteiger partial charge is 0.246 e. The van der Waals surface area contributed by atoms with Crippen molar-refractivity contribution in [1.82, 2.24) is 19.7 Å². The van der Waals surface area contributed by atoms with Gasteiger partial charge in [0.2, 0.25) is 5.91 Å². The molecule has 3 atom stereocenters. The molecule has 2 aromatic rings. The number of carbonyl (C=O) groups is 1. The number of aromatic nitrogens is 3. The van der Waals surface area contributed by atoms with Crippen molar-refractivity contribution < 1.29 is 14.6 Å². The Labute approximate surface area is 146 Å². The van der Waals surface area contributed by atoms with E-state index in [4.69, 9.17) is 4.74 Å². The number of amides is 1. The number of ether oxygens (including phenoxy) is 1. The lowest BCUT2D eigenvalue weighted by Gasteiger charge is -2.28. The number of hydrogen-bond acceptors (Lipinski definition) is 5. The van der Waals surface area contributed by atoms with Crippen LogP contribution in [0.15, 0.2) is 42.9 Å². The van der Waals surface area contributed by atoms with E-state index in [1.165, 1.54) is 6.08 Å². The standard InChI is InChI=1S/C18H22N4O3/c1-21(17(23)8-5-13-9-11-20-22(13)2)15-6-7-16(18(15)24)25-14-4-3-10-19-12-14/h3-5,8-12,15-16,18,24H,6-7H2,1-2H3/b8-5+/t15-,16-,18-/m1/s1. The highest BCUT2D eigenvalue weighted by Crippen LogP contribution is 2.28. The van der Waals surface area contributed by atoms with E-state index in [2.05, 4.69) is 10.1 Å². The number of likely N-dealkylation sites (N-methyl/N-ethyl adjacent to an activating group) is 1. The molecule has 2 heterocycles. The van der Waals surface area contributed by atoms with Gasteiger partial charge in [-0.3, -0.25) is 14.5 Å². The molecule has 7 heteroatoms. The van der Waals surface area contributed by atoms with Crippen LogP contribution in [-0.2, 0) is 11.8 Å². The van der Waals surface area contributed by atoms with Gasteiger partial charge in [-0.25, -0.2) is 0 Å². The van der Waals surface area contributed by atoms with Crippen molar-refractivity contribution in [2.45, 2.75) is 31.1 Å². The fourth-order valence-corrected chi connectivity index (χ4v) is 3.05. The molecule has 0 aromatic carbocycles. The van der Waals surface area contributed by atoms with Crippen molar-refractivity contribution in [3.05, 3.63) is 48.6 Å². The summed E-state index contributed by atoms with van der Waals surface area (Å²) >= 11 is 0. The molecular weight excluding hydrogens is 320 g/mol. The number of hydrogen-bond donors (Lipinski definition) is 1. The van der Waals surface area contributed by atoms with Crippen molar-refractivity contribution in [3.8, 4) is 5.75 Å². The Balaban J connectivity index is 1.60. The van der Waals surface area contributed by atoms with Crippen molar-refractivity contribution in [3.63, 3.8) is 0 Å². The fraction of sp³-hybridized carbons (Fsp3) is 0.389. The summed E-state index contributed by atoms with van der Waals surface area (Å²) in [4.78, 5) is 18.0. The first-order valence-corrected chi connectivity index (χ1v) is 8.24. The second kappa shape index (κ2) is 7.48. The van der Waals surface area contributed by atoms with Gasteiger partial charge in [-0.05, 0) is 37.1 Å². The predicted octanol–water partition coefficient (Wildman–Crippen LogP) is 1.26. The minimum atomic E-state index is -0.737. The summed E-state index contributed by atoms with van der Waals surface area (Å²) < 4.78 is 7.49. The van der Waals surface area contributed by atoms with Gasteiger partial charge in [0.1, 0.15) is 18.0 Å². The quantitative estimate of drug-likeness (QED) is 0.828. The molecule has 1 N–H and O–H groups in total. The first kappa shape index (κ1) is 17.2. The van der Waals surface area contributed by atoms with Gasteiger partial charge in [-0.2, -0.15) is 5.10 Å². The van der Waals surface area contributed by atoms with E-state index in [9.17, 15) is 9.90 Å². The summed E-state index contributed by atoms with van der Waals surface area (Å²) in [7, 11) is 3.52. The van der Waals surface area contributed by atoms with Gasteiger partial charge in [0.05, 0.1) is 17.9 Å². The van der Waals surface area contributed by atoms with E-state index < -0.39 is 6.10 Å². The van der Waals surface area contributed by atoms with Crippen LogP contribution in [-0.4, -0.2) is 56.0 Å². The third-order valence-corrected chi connectivity index (χ3v) is 4.54. The van der Waals surface area contributed by atoms with E-state index in [1.54, 1.807) is 53.4 Å². The SMILES string of the molecule is CN(C(=O)/C=C/c1ccnn1C)[C@@H]1CC[C@@H](Oc2cccnc2)[C@@H]1O. The monoisotopic (exact) mass is 342 g/mol. The van der Waals surface area contributed by atoms with Crippen molar-refractivity contribution >= 4 is 12.0 Å². The zero-order valence-corrected chi connectivity index (χ0v) is 14.3. The summed E-state index contributed by atoms with van der Waals surface area (Å²) in [6.45, 7) is 0. The highest BCUT2D eigenvalue weighted by molar-refractivity contribution is 5.91. The van der Waals surface area contributed by atoms with Crippen molar-refractivity contribution in [2.75, 3.05) is 7.05 Å². The molecule has 1 amide bonds. The number of aliphatic hydroxyl groups is 1. The maximum atomic E-state index is 12.4. The van der Waals surface area contributed by atoms with Gasteiger partial charge in [0.15, 0.2) is 0 Å². The van der Waals surface area contributed by atoms with Crippen LogP contribution in [0, 0.1) is 0 Å². The Morgan fingerprint density at radius 1 is 1.40 bits per heavy atom. The molecule has 132 valence electrons. The van der Waals surface area contributed by atoms with Gasteiger partial charge in [0.25, 0.3) is 0 Å². The Bertz CT molecular complexity index is 744. The van der Waals surface area contributed by atoms with Crippen LogP contribution >= 0.6 is 0 Å². The minimum Gasteiger partial charge on any atom is -0.486 e. The van der Waals surface area contributed by atoms with Gasteiger partial charge < -0.3 is 14.7 Å². The Kier molecular flexibility index (Phi) is 5.14. The second-order valence-electron chi connectivity index (χ2n) is 6.14. The van der Waals surface area contributed by atoms with Gasteiger partial charge in [-0.15, -0.1) is 0 Å². The number of carbonyl (C=O) groups excluding carboxylic acids is 1. The van der Waals surface area contributed by atoms with Gasteiger partial charge in [-0.1, -0.05) is 0 Å². The highest BCUT2D eigenvalue weighted by Gasteiger charge is 2.39. The largest absolute Gasteiger partial charge is 0.486 e. The number of rotatable bonds is 5. The van der Waals surface area contributed by atoms with E-state index in [0.717, 1.165) is 5.69 Å². The molecule has 1 saturated carbocycles. The van der Waals surface area contributed by atoms with E-state index in [-0.39, 0.29) is 18.1 Å². The van der Waals surface area contributed by atoms with Crippen LogP contribution in [0.4, 0.5) is 0 Å². The van der Waals surface area contributed by atoms with E-state index >= 15 is 0 Å². The Morgan fingerprint density at radius 2 is 2.24 bits per heavy atom. The minimum absolute atomic E-state index is 0.160. The fourth-order valence-electron chi connectivity index (χ4n) is 3.05. The number of pyridine rings is 1. The molecular formula is C18H22N4O3. The van der Waals surface area contributed by atoms with Gasteiger partial charge in [0, 0.05) is 32.6 Å². The molecule has 25 heavy (non-hydrogen) atoms. The molecule has 0 saturated heterocycles. The average molecular weight is 342 g/mol. The van der Waals surface area contributed by atoms with Crippen molar-refractivity contribution in [2.24, 2.45) is 7.05 Å². The molecule has 0 spiro atoms. The summed E-state index contributed by atoms with van der Waals surface area (Å²) in [5.41, 5.74) is 0.839. The van der Waals surface area contributed by atoms with Crippen molar-refractivity contribution in [1.29, 1.82) is 0 Å². The Morgan fingerprint density at radius 3 is 2.92 bits per heavy atom. The topological polar surface area (TPSA) is 80.5 Å². The summed E-state index contributed by atoms with van der Waals surface area (Å²) in [5.74, 6) is 0.463. The van der Waals surface area contributed by atoms with Crippen LogP contribution in [0.1, 0.15) is 18.5 Å². The normalized spacial score (nSPS) is 23.1. The molecule has 1 aliphatic rings. The van der Waals surface area contributed by atoms with Crippen LogP contribution in [0.5, 0.6) is 5.75 Å². The summed E-state index contributed by atoms with van der Waals surface area (Å²) in [6.07, 6.45) is 8.47. The number of nitrogens with zero attached hydrogens (tertiary/aromatic N) is 4. The first-order valence-electron chi connectivity index (χ1n) is 8.24. The van der Waals surface area contributed by atoms with Crippen LogP contribution < -0.4 is 4.74 Å². The molecule has 3 rings (SSSR count). The highest BCUT2D eigenvalue weighted by atomic mass is 16.5. The lowest BCUT2D eigenvalue weighted by molar-refractivity contribution is -0.129. The predicted molar refractivity (Wildman–Crippen MR) is 92.7 cm³/mol. The zero-order chi connectivity index (χ0) is 17.8. The maximum Gasteiger partial charge on any atom is 0.246 e. The zero-order valence-electron chi connectivity index (χ0n) is 14.3. The van der Waals surface area contributed by atoms with Crippen LogP contribution in [0.25, 0.3) is 6.08 Å². The Hall–Kier alpha value is -2.67. The molecule has 0 aliphatic heterocycles.